The lowest BCUT2D eigenvalue weighted by molar-refractivity contribution is -0.129. The zero-order valence-corrected chi connectivity index (χ0v) is 12.9. The zero-order valence-electron chi connectivity index (χ0n) is 12.9. The van der Waals surface area contributed by atoms with Gasteiger partial charge in [-0.2, -0.15) is 0 Å². The molecule has 24 heavy (non-hydrogen) atoms. The van der Waals surface area contributed by atoms with E-state index in [0.717, 1.165) is 0 Å². The van der Waals surface area contributed by atoms with E-state index in [2.05, 4.69) is 15.3 Å². The van der Waals surface area contributed by atoms with Crippen molar-refractivity contribution in [2.75, 3.05) is 7.11 Å². The number of aromatic amines is 1. The minimum Gasteiger partial charge on any atom is -0.497 e. The molecule has 3 N–H and O–H groups in total. The SMILES string of the molecule is COc1cccc(C(O)C(=O)NCc2nc3ccc(F)cc3[nH]2)c1. The molecular formula is C17H16FN3O3. The van der Waals surface area contributed by atoms with Crippen LogP contribution >= 0.6 is 0 Å². The van der Waals surface area contributed by atoms with Gasteiger partial charge in [-0.05, 0) is 35.9 Å². The van der Waals surface area contributed by atoms with Crippen molar-refractivity contribution in [2.45, 2.75) is 12.6 Å². The summed E-state index contributed by atoms with van der Waals surface area (Å²) in [5.74, 6) is 0.102. The molecule has 7 heteroatoms. The summed E-state index contributed by atoms with van der Waals surface area (Å²) in [6, 6.07) is 10.8. The number of carbonyl (C=O) groups excluding carboxylic acids is 1. The number of hydrogen-bond donors (Lipinski definition) is 3. The topological polar surface area (TPSA) is 87.2 Å². The van der Waals surface area contributed by atoms with Crippen LogP contribution in [0.5, 0.6) is 5.75 Å². The average molecular weight is 329 g/mol. The van der Waals surface area contributed by atoms with Gasteiger partial charge in [0.15, 0.2) is 6.10 Å². The van der Waals surface area contributed by atoms with E-state index < -0.39 is 12.0 Å². The quantitative estimate of drug-likeness (QED) is 0.669. The Hall–Kier alpha value is -2.93. The Balaban J connectivity index is 1.67. The van der Waals surface area contributed by atoms with Crippen LogP contribution in [0, 0.1) is 5.82 Å². The standard InChI is InChI=1S/C17H16FN3O3/c1-24-12-4-2-3-10(7-12)16(22)17(23)19-9-15-20-13-6-5-11(18)8-14(13)21-15/h2-8,16,22H,9H2,1H3,(H,19,23)(H,20,21). The van der Waals surface area contributed by atoms with Crippen LogP contribution in [-0.2, 0) is 11.3 Å². The van der Waals surface area contributed by atoms with Gasteiger partial charge in [0.2, 0.25) is 0 Å². The molecule has 0 aliphatic heterocycles. The van der Waals surface area contributed by atoms with Gasteiger partial charge < -0.3 is 20.1 Å². The van der Waals surface area contributed by atoms with Crippen molar-refractivity contribution < 1.29 is 19.0 Å². The molecule has 3 rings (SSSR count). The second-order valence-electron chi connectivity index (χ2n) is 5.24. The number of aromatic nitrogens is 2. The Morgan fingerprint density at radius 3 is 3.00 bits per heavy atom. The van der Waals surface area contributed by atoms with Crippen molar-refractivity contribution in [3.63, 3.8) is 0 Å². The molecule has 0 aliphatic rings. The summed E-state index contributed by atoms with van der Waals surface area (Å²) >= 11 is 0. The van der Waals surface area contributed by atoms with Crippen LogP contribution in [0.2, 0.25) is 0 Å². The predicted molar refractivity (Wildman–Crippen MR) is 85.9 cm³/mol. The molecule has 124 valence electrons. The highest BCUT2D eigenvalue weighted by molar-refractivity contribution is 5.82. The maximum Gasteiger partial charge on any atom is 0.253 e. The lowest BCUT2D eigenvalue weighted by atomic mass is 10.1. The number of amides is 1. The van der Waals surface area contributed by atoms with Crippen molar-refractivity contribution in [2.24, 2.45) is 0 Å². The number of methoxy groups -OCH3 is 1. The number of ether oxygens (including phenoxy) is 1. The maximum absolute atomic E-state index is 13.2. The molecule has 1 aromatic heterocycles. The average Bonchev–Trinajstić information content (AvgIpc) is 3.01. The summed E-state index contributed by atoms with van der Waals surface area (Å²) in [6.45, 7) is 0.0934. The third-order valence-electron chi connectivity index (χ3n) is 3.58. The van der Waals surface area contributed by atoms with Crippen molar-refractivity contribution in [1.82, 2.24) is 15.3 Å². The number of nitrogens with one attached hydrogen (secondary N) is 2. The van der Waals surface area contributed by atoms with Gasteiger partial charge in [0.25, 0.3) is 5.91 Å². The number of halogens is 1. The summed E-state index contributed by atoms with van der Waals surface area (Å²) in [5, 5.41) is 12.7. The number of nitrogens with zero attached hydrogens (tertiary/aromatic N) is 1. The zero-order chi connectivity index (χ0) is 17.1. The highest BCUT2D eigenvalue weighted by Crippen LogP contribution is 2.19. The third kappa shape index (κ3) is 3.36. The van der Waals surface area contributed by atoms with E-state index in [1.165, 1.54) is 19.2 Å². The Bertz CT molecular complexity index is 878. The minimum atomic E-state index is -1.32. The van der Waals surface area contributed by atoms with E-state index in [1.807, 2.05) is 0 Å². The second-order valence-corrected chi connectivity index (χ2v) is 5.24. The second kappa shape index (κ2) is 6.67. The van der Waals surface area contributed by atoms with Crippen LogP contribution in [0.1, 0.15) is 17.5 Å². The van der Waals surface area contributed by atoms with Crippen molar-refractivity contribution >= 4 is 16.9 Å². The Kier molecular flexibility index (Phi) is 4.43. The highest BCUT2D eigenvalue weighted by Gasteiger charge is 2.18. The lowest BCUT2D eigenvalue weighted by Crippen LogP contribution is -2.29. The van der Waals surface area contributed by atoms with Crippen molar-refractivity contribution in [3.05, 3.63) is 59.7 Å². The van der Waals surface area contributed by atoms with Crippen LogP contribution in [0.25, 0.3) is 11.0 Å². The molecule has 0 spiro atoms. The van der Waals surface area contributed by atoms with Crippen LogP contribution < -0.4 is 10.1 Å². The van der Waals surface area contributed by atoms with Gasteiger partial charge in [-0.1, -0.05) is 12.1 Å². The highest BCUT2D eigenvalue weighted by atomic mass is 19.1. The van der Waals surface area contributed by atoms with Gasteiger partial charge >= 0.3 is 0 Å². The van der Waals surface area contributed by atoms with E-state index in [1.54, 1.807) is 30.3 Å². The number of fused-ring (bicyclic) bond motifs is 1. The van der Waals surface area contributed by atoms with Crippen molar-refractivity contribution in [3.8, 4) is 5.75 Å². The van der Waals surface area contributed by atoms with Crippen molar-refractivity contribution in [1.29, 1.82) is 0 Å². The van der Waals surface area contributed by atoms with E-state index in [9.17, 15) is 14.3 Å². The molecule has 2 aromatic carbocycles. The minimum absolute atomic E-state index is 0.0934. The number of carbonyl (C=O) groups is 1. The summed E-state index contributed by atoms with van der Waals surface area (Å²) in [7, 11) is 1.51. The van der Waals surface area contributed by atoms with Crippen LogP contribution in [0.4, 0.5) is 4.39 Å². The molecule has 0 radical (unpaired) electrons. The van der Waals surface area contributed by atoms with Crippen LogP contribution in [-0.4, -0.2) is 28.1 Å². The summed E-state index contributed by atoms with van der Waals surface area (Å²) in [6.07, 6.45) is -1.32. The largest absolute Gasteiger partial charge is 0.497 e. The molecule has 0 saturated heterocycles. The molecule has 1 unspecified atom stereocenters. The van der Waals surface area contributed by atoms with Gasteiger partial charge in [0.05, 0.1) is 24.7 Å². The van der Waals surface area contributed by atoms with Crippen LogP contribution in [0.3, 0.4) is 0 Å². The third-order valence-corrected chi connectivity index (χ3v) is 3.58. The Morgan fingerprint density at radius 2 is 2.21 bits per heavy atom. The van der Waals surface area contributed by atoms with Gasteiger partial charge in [0.1, 0.15) is 17.4 Å². The molecule has 0 saturated carbocycles. The molecule has 0 aliphatic carbocycles. The predicted octanol–water partition coefficient (Wildman–Crippen LogP) is 2.06. The number of imidazole rings is 1. The molecule has 0 bridgehead atoms. The normalized spacial score (nSPS) is 12.1. The fraction of sp³-hybridized carbons (Fsp3) is 0.176. The lowest BCUT2D eigenvalue weighted by Gasteiger charge is -2.12. The first-order valence-corrected chi connectivity index (χ1v) is 7.30. The number of hydrogen-bond acceptors (Lipinski definition) is 4. The Labute approximate surface area is 137 Å². The summed E-state index contributed by atoms with van der Waals surface area (Å²) < 4.78 is 18.2. The molecule has 1 heterocycles. The fourth-order valence-corrected chi connectivity index (χ4v) is 2.35. The van der Waals surface area contributed by atoms with Gasteiger partial charge in [0, 0.05) is 0 Å². The molecule has 6 nitrogen and oxygen atoms in total. The number of aliphatic hydroxyl groups excluding tert-OH is 1. The maximum atomic E-state index is 13.2. The smallest absolute Gasteiger partial charge is 0.253 e. The van der Waals surface area contributed by atoms with E-state index in [4.69, 9.17) is 4.74 Å². The number of H-pyrrole nitrogens is 1. The van der Waals surface area contributed by atoms with Gasteiger partial charge in [-0.15, -0.1) is 0 Å². The van der Waals surface area contributed by atoms with E-state index in [-0.39, 0.29) is 12.4 Å². The monoisotopic (exact) mass is 329 g/mol. The molecule has 1 atom stereocenters. The van der Waals surface area contributed by atoms with Gasteiger partial charge in [-0.25, -0.2) is 9.37 Å². The van der Waals surface area contributed by atoms with E-state index >= 15 is 0 Å². The first kappa shape index (κ1) is 15.9. The first-order valence-electron chi connectivity index (χ1n) is 7.30. The Morgan fingerprint density at radius 1 is 1.38 bits per heavy atom. The molecule has 1 amide bonds. The molecule has 0 fully saturated rings. The number of benzene rings is 2. The number of rotatable bonds is 5. The first-order chi connectivity index (χ1) is 11.6. The van der Waals surface area contributed by atoms with E-state index in [0.29, 0.717) is 28.2 Å². The summed E-state index contributed by atoms with van der Waals surface area (Å²) in [5.41, 5.74) is 1.58. The summed E-state index contributed by atoms with van der Waals surface area (Å²) in [4.78, 5) is 19.3. The molecule has 3 aromatic rings. The van der Waals surface area contributed by atoms with Gasteiger partial charge in [-0.3, -0.25) is 4.79 Å². The fourth-order valence-electron chi connectivity index (χ4n) is 2.35. The number of aliphatic hydroxyl groups is 1. The molecular weight excluding hydrogens is 313 g/mol. The van der Waals surface area contributed by atoms with Crippen LogP contribution in [0.15, 0.2) is 42.5 Å².